The van der Waals surface area contributed by atoms with Crippen LogP contribution in [0.4, 0.5) is 5.69 Å². The highest BCUT2D eigenvalue weighted by Gasteiger charge is 2.29. The van der Waals surface area contributed by atoms with Crippen LogP contribution in [-0.2, 0) is 15.8 Å². The average molecular weight is 449 g/mol. The molecule has 0 unspecified atom stereocenters. The van der Waals surface area contributed by atoms with E-state index in [9.17, 15) is 8.42 Å². The summed E-state index contributed by atoms with van der Waals surface area (Å²) in [5.74, 6) is 0.663. The van der Waals surface area contributed by atoms with E-state index in [0.717, 1.165) is 25.6 Å². The highest BCUT2D eigenvalue weighted by Crippen LogP contribution is 2.15. The van der Waals surface area contributed by atoms with Crippen LogP contribution in [0.15, 0.2) is 46.1 Å². The lowest BCUT2D eigenvalue weighted by Crippen LogP contribution is -2.54. The number of sulfonamides is 1. The normalized spacial score (nSPS) is 15.8. The number of aliphatic imine (C=N–C) groups is 1. The van der Waals surface area contributed by atoms with Crippen LogP contribution in [0.1, 0.15) is 18.2 Å². The van der Waals surface area contributed by atoms with Crippen molar-refractivity contribution in [3.05, 3.63) is 47.9 Å². The van der Waals surface area contributed by atoms with Crippen molar-refractivity contribution in [2.75, 3.05) is 57.8 Å². The second kappa shape index (κ2) is 10.6. The van der Waals surface area contributed by atoms with Gasteiger partial charge in [0.05, 0.1) is 5.69 Å². The first-order valence-corrected chi connectivity index (χ1v) is 12.2. The number of benzene rings is 1. The Morgan fingerprint density at radius 1 is 1.26 bits per heavy atom. The van der Waals surface area contributed by atoms with Crippen LogP contribution >= 0.6 is 0 Å². The van der Waals surface area contributed by atoms with Crippen LogP contribution in [0.3, 0.4) is 0 Å². The molecule has 1 fully saturated rings. The Morgan fingerprint density at radius 3 is 2.65 bits per heavy atom. The van der Waals surface area contributed by atoms with Gasteiger partial charge in [-0.3, -0.25) is 4.99 Å². The van der Waals surface area contributed by atoms with E-state index in [1.165, 1.54) is 21.8 Å². The Balaban J connectivity index is 1.49. The molecular formula is C21H32N6O3S. The van der Waals surface area contributed by atoms with Gasteiger partial charge < -0.3 is 19.6 Å². The molecule has 1 aromatic heterocycles. The minimum atomic E-state index is -3.41. The van der Waals surface area contributed by atoms with Crippen molar-refractivity contribution < 1.29 is 12.9 Å². The quantitative estimate of drug-likeness (QED) is 0.483. The van der Waals surface area contributed by atoms with Crippen LogP contribution < -0.4 is 10.2 Å². The van der Waals surface area contributed by atoms with Gasteiger partial charge >= 0.3 is 0 Å². The zero-order chi connectivity index (χ0) is 22.3. The van der Waals surface area contributed by atoms with Crippen molar-refractivity contribution in [1.82, 2.24) is 19.7 Å². The first kappa shape index (κ1) is 23.1. The van der Waals surface area contributed by atoms with E-state index in [0.29, 0.717) is 31.9 Å². The SMILES string of the molecule is CCN(CCNC(=NC)N1CCN(S(=O)(=O)Cc2ccon2)CC1)c1cccc(C)c1. The van der Waals surface area contributed by atoms with Crippen LogP contribution in [0.2, 0.25) is 0 Å². The first-order chi connectivity index (χ1) is 14.9. The highest BCUT2D eigenvalue weighted by molar-refractivity contribution is 7.88. The fourth-order valence-electron chi connectivity index (χ4n) is 3.70. The van der Waals surface area contributed by atoms with Gasteiger partial charge in [0.15, 0.2) is 5.96 Å². The van der Waals surface area contributed by atoms with Crippen molar-refractivity contribution in [2.45, 2.75) is 19.6 Å². The molecule has 31 heavy (non-hydrogen) atoms. The van der Waals surface area contributed by atoms with Gasteiger partial charge in [-0.2, -0.15) is 4.31 Å². The summed E-state index contributed by atoms with van der Waals surface area (Å²) in [5, 5.41) is 7.13. The predicted octanol–water partition coefficient (Wildman–Crippen LogP) is 1.53. The molecule has 1 aliphatic rings. The van der Waals surface area contributed by atoms with Gasteiger partial charge in [0.2, 0.25) is 10.0 Å². The van der Waals surface area contributed by atoms with Gasteiger partial charge in [0.1, 0.15) is 12.0 Å². The zero-order valence-electron chi connectivity index (χ0n) is 18.5. The summed E-state index contributed by atoms with van der Waals surface area (Å²) in [5.41, 5.74) is 2.88. The minimum Gasteiger partial charge on any atom is -0.370 e. The molecule has 0 bridgehead atoms. The molecule has 0 atom stereocenters. The molecule has 3 rings (SSSR count). The summed E-state index contributed by atoms with van der Waals surface area (Å²) < 4.78 is 31.5. The van der Waals surface area contributed by atoms with Gasteiger partial charge in [0.25, 0.3) is 0 Å². The number of hydrogen-bond donors (Lipinski definition) is 1. The van der Waals surface area contributed by atoms with Gasteiger partial charge in [0, 0.05) is 64.6 Å². The molecule has 1 N–H and O–H groups in total. The lowest BCUT2D eigenvalue weighted by atomic mass is 10.2. The molecular weight excluding hydrogens is 416 g/mol. The Morgan fingerprint density at radius 2 is 2.03 bits per heavy atom. The van der Waals surface area contributed by atoms with Crippen molar-refractivity contribution in [2.24, 2.45) is 4.99 Å². The van der Waals surface area contributed by atoms with Crippen LogP contribution in [0.5, 0.6) is 0 Å². The maximum atomic E-state index is 12.6. The van der Waals surface area contributed by atoms with Gasteiger partial charge in [-0.15, -0.1) is 0 Å². The van der Waals surface area contributed by atoms with E-state index in [-0.39, 0.29) is 5.75 Å². The van der Waals surface area contributed by atoms with E-state index in [1.807, 2.05) is 0 Å². The minimum absolute atomic E-state index is 0.137. The lowest BCUT2D eigenvalue weighted by molar-refractivity contribution is 0.260. The first-order valence-electron chi connectivity index (χ1n) is 10.6. The number of nitrogens with zero attached hydrogens (tertiary/aromatic N) is 5. The molecule has 9 nitrogen and oxygen atoms in total. The summed E-state index contributed by atoms with van der Waals surface area (Å²) in [6.07, 6.45) is 1.39. The smallest absolute Gasteiger partial charge is 0.220 e. The molecule has 0 spiro atoms. The molecule has 1 aliphatic heterocycles. The standard InChI is InChI=1S/C21H32N6O3S/c1-4-25(20-7-5-6-18(2)16-20)10-9-23-21(22-3)26-11-13-27(14-12-26)31(28,29)17-19-8-15-30-24-19/h5-8,15-16H,4,9-14,17H2,1-3H3,(H,22,23). The molecule has 1 aromatic carbocycles. The Hall–Kier alpha value is -2.59. The summed E-state index contributed by atoms with van der Waals surface area (Å²) in [6.45, 7) is 8.80. The molecule has 170 valence electrons. The fourth-order valence-corrected chi connectivity index (χ4v) is 5.12. The lowest BCUT2D eigenvalue weighted by Gasteiger charge is -2.36. The zero-order valence-corrected chi connectivity index (χ0v) is 19.3. The second-order valence-electron chi connectivity index (χ2n) is 7.53. The fraction of sp³-hybridized carbons (Fsp3) is 0.524. The number of anilines is 1. The third kappa shape index (κ3) is 6.20. The topological polar surface area (TPSA) is 94.3 Å². The van der Waals surface area contributed by atoms with Crippen LogP contribution in [-0.4, -0.2) is 81.6 Å². The van der Waals surface area contributed by atoms with Crippen LogP contribution in [0, 0.1) is 6.92 Å². The monoisotopic (exact) mass is 448 g/mol. The van der Waals surface area contributed by atoms with Crippen molar-refractivity contribution in [1.29, 1.82) is 0 Å². The summed E-state index contributed by atoms with van der Waals surface area (Å²) >= 11 is 0. The van der Waals surface area contributed by atoms with E-state index in [2.05, 4.69) is 63.4 Å². The molecule has 0 amide bonds. The maximum Gasteiger partial charge on any atom is 0.220 e. The van der Waals surface area contributed by atoms with E-state index in [4.69, 9.17) is 4.52 Å². The second-order valence-corrected chi connectivity index (χ2v) is 9.49. The summed E-state index contributed by atoms with van der Waals surface area (Å²) in [6, 6.07) is 10.1. The molecule has 1 saturated heterocycles. The summed E-state index contributed by atoms with van der Waals surface area (Å²) in [4.78, 5) is 8.82. The molecule has 0 aliphatic carbocycles. The van der Waals surface area contributed by atoms with E-state index >= 15 is 0 Å². The Bertz CT molecular complexity index is 953. The number of aryl methyl sites for hydroxylation is 1. The van der Waals surface area contributed by atoms with Gasteiger partial charge in [-0.05, 0) is 31.5 Å². The van der Waals surface area contributed by atoms with E-state index < -0.39 is 10.0 Å². The molecule has 0 radical (unpaired) electrons. The number of hydrogen-bond acceptors (Lipinski definition) is 6. The number of likely N-dealkylation sites (N-methyl/N-ethyl adjacent to an activating group) is 1. The Labute approximate surface area is 184 Å². The Kier molecular flexibility index (Phi) is 7.91. The summed E-state index contributed by atoms with van der Waals surface area (Å²) in [7, 11) is -1.65. The number of guanidine groups is 1. The third-order valence-electron chi connectivity index (χ3n) is 5.38. The molecule has 2 heterocycles. The maximum absolute atomic E-state index is 12.6. The third-order valence-corrected chi connectivity index (χ3v) is 7.19. The van der Waals surface area contributed by atoms with Gasteiger partial charge in [-0.1, -0.05) is 17.3 Å². The predicted molar refractivity (Wildman–Crippen MR) is 123 cm³/mol. The van der Waals surface area contributed by atoms with Crippen LogP contribution in [0.25, 0.3) is 0 Å². The largest absolute Gasteiger partial charge is 0.370 e. The number of nitrogens with one attached hydrogen (secondary N) is 1. The van der Waals surface area contributed by atoms with Crippen molar-refractivity contribution in [3.8, 4) is 0 Å². The van der Waals surface area contributed by atoms with Gasteiger partial charge in [-0.25, -0.2) is 8.42 Å². The molecule has 2 aromatic rings. The number of rotatable bonds is 8. The van der Waals surface area contributed by atoms with E-state index in [1.54, 1.807) is 13.1 Å². The number of aromatic nitrogens is 1. The highest BCUT2D eigenvalue weighted by atomic mass is 32.2. The molecule has 10 heteroatoms. The van der Waals surface area contributed by atoms with Crippen molar-refractivity contribution in [3.63, 3.8) is 0 Å². The van der Waals surface area contributed by atoms with Crippen molar-refractivity contribution >= 4 is 21.7 Å². The average Bonchev–Trinajstić information content (AvgIpc) is 3.26. The number of piperazine rings is 1. The molecule has 0 saturated carbocycles.